The molecule has 96 valence electrons. The van der Waals surface area contributed by atoms with E-state index >= 15 is 0 Å². The summed E-state index contributed by atoms with van der Waals surface area (Å²) in [6.45, 7) is 3.32. The van der Waals surface area contributed by atoms with Crippen molar-refractivity contribution in [3.63, 3.8) is 0 Å². The lowest BCUT2D eigenvalue weighted by atomic mass is 10.2. The Kier molecular flexibility index (Phi) is 4.80. The van der Waals surface area contributed by atoms with Crippen LogP contribution in [-0.4, -0.2) is 4.98 Å². The quantitative estimate of drug-likeness (QED) is 0.903. The second-order valence-corrected chi connectivity index (χ2v) is 5.24. The van der Waals surface area contributed by atoms with E-state index in [0.717, 1.165) is 27.2 Å². The summed E-state index contributed by atoms with van der Waals surface area (Å²) in [5, 5.41) is 4.02. The summed E-state index contributed by atoms with van der Waals surface area (Å²) in [5.41, 5.74) is 1.05. The van der Waals surface area contributed by atoms with Crippen LogP contribution in [0.3, 0.4) is 0 Å². The number of oxazole rings is 1. The minimum atomic E-state index is 0.600. The summed E-state index contributed by atoms with van der Waals surface area (Å²) >= 11 is 9.53. The normalized spacial score (nSPS) is 10.8. The lowest BCUT2D eigenvalue weighted by Crippen LogP contribution is -2.13. The highest BCUT2D eigenvalue weighted by molar-refractivity contribution is 9.10. The number of nitrogens with zero attached hydrogens (tertiary/aromatic N) is 1. The van der Waals surface area contributed by atoms with Gasteiger partial charge < -0.3 is 9.73 Å². The molecule has 18 heavy (non-hydrogen) atoms. The van der Waals surface area contributed by atoms with Crippen LogP contribution in [0.15, 0.2) is 33.3 Å². The maximum absolute atomic E-state index is 6.10. The molecule has 1 aromatic carbocycles. The van der Waals surface area contributed by atoms with E-state index in [0.29, 0.717) is 19.0 Å². The molecule has 3 nitrogen and oxygen atoms in total. The molecule has 0 fully saturated rings. The van der Waals surface area contributed by atoms with Gasteiger partial charge in [-0.2, -0.15) is 0 Å². The Morgan fingerprint density at radius 1 is 1.39 bits per heavy atom. The minimum Gasteiger partial charge on any atom is -0.444 e. The molecule has 0 spiro atoms. The van der Waals surface area contributed by atoms with E-state index in [1.165, 1.54) is 0 Å². The number of aromatic nitrogens is 1. The summed E-state index contributed by atoms with van der Waals surface area (Å²) in [7, 11) is 0. The van der Waals surface area contributed by atoms with Gasteiger partial charge in [0.15, 0.2) is 0 Å². The van der Waals surface area contributed by atoms with Crippen LogP contribution in [0.2, 0.25) is 5.02 Å². The molecule has 0 atom stereocenters. The Morgan fingerprint density at radius 3 is 2.94 bits per heavy atom. The van der Waals surface area contributed by atoms with Gasteiger partial charge in [0.25, 0.3) is 0 Å². The van der Waals surface area contributed by atoms with Crippen molar-refractivity contribution in [2.24, 2.45) is 0 Å². The van der Waals surface area contributed by atoms with E-state index in [1.54, 1.807) is 6.20 Å². The Bertz CT molecular complexity index is 527. The fourth-order valence-corrected chi connectivity index (χ4v) is 2.17. The van der Waals surface area contributed by atoms with Gasteiger partial charge in [-0.15, -0.1) is 0 Å². The van der Waals surface area contributed by atoms with Crippen molar-refractivity contribution in [1.82, 2.24) is 10.3 Å². The van der Waals surface area contributed by atoms with Gasteiger partial charge in [-0.25, -0.2) is 4.98 Å². The number of rotatable bonds is 5. The van der Waals surface area contributed by atoms with Gasteiger partial charge in [-0.1, -0.05) is 34.5 Å². The lowest BCUT2D eigenvalue weighted by molar-refractivity contribution is 0.439. The fraction of sp³-hybridized carbons (Fsp3) is 0.308. The first-order valence-electron chi connectivity index (χ1n) is 5.77. The van der Waals surface area contributed by atoms with Crippen molar-refractivity contribution >= 4 is 27.5 Å². The molecule has 1 heterocycles. The number of nitrogens with one attached hydrogen (secondary N) is 1. The van der Waals surface area contributed by atoms with Crippen molar-refractivity contribution in [3.05, 3.63) is 51.1 Å². The van der Waals surface area contributed by atoms with Crippen LogP contribution in [0.4, 0.5) is 0 Å². The average Bonchev–Trinajstić information content (AvgIpc) is 2.81. The van der Waals surface area contributed by atoms with E-state index in [9.17, 15) is 0 Å². The Balaban J connectivity index is 1.90. The first-order valence-corrected chi connectivity index (χ1v) is 6.94. The van der Waals surface area contributed by atoms with Crippen LogP contribution in [0.25, 0.3) is 0 Å². The zero-order chi connectivity index (χ0) is 13.0. The molecule has 0 amide bonds. The summed E-state index contributed by atoms with van der Waals surface area (Å²) in [5.74, 6) is 1.62. The van der Waals surface area contributed by atoms with Crippen LogP contribution in [0.1, 0.15) is 24.1 Å². The van der Waals surface area contributed by atoms with Crippen molar-refractivity contribution < 1.29 is 4.42 Å². The van der Waals surface area contributed by atoms with Crippen LogP contribution in [0.5, 0.6) is 0 Å². The highest BCUT2D eigenvalue weighted by Gasteiger charge is 2.04. The summed E-state index contributed by atoms with van der Waals surface area (Å²) in [4.78, 5) is 4.19. The molecule has 2 aromatic rings. The number of aryl methyl sites for hydroxylation is 1. The second kappa shape index (κ2) is 6.36. The Labute approximate surface area is 120 Å². The van der Waals surface area contributed by atoms with Gasteiger partial charge in [-0.05, 0) is 23.8 Å². The molecule has 5 heteroatoms. The van der Waals surface area contributed by atoms with Crippen LogP contribution >= 0.6 is 27.5 Å². The zero-order valence-electron chi connectivity index (χ0n) is 10.0. The first kappa shape index (κ1) is 13.6. The summed E-state index contributed by atoms with van der Waals surface area (Å²) < 4.78 is 6.53. The van der Waals surface area contributed by atoms with E-state index < -0.39 is 0 Å². The van der Waals surface area contributed by atoms with E-state index in [-0.39, 0.29) is 0 Å². The molecule has 0 aliphatic heterocycles. The summed E-state index contributed by atoms with van der Waals surface area (Å²) in [6.07, 6.45) is 2.63. The van der Waals surface area contributed by atoms with Gasteiger partial charge in [-0.3, -0.25) is 0 Å². The van der Waals surface area contributed by atoms with Gasteiger partial charge in [0, 0.05) is 22.5 Å². The maximum Gasteiger partial charge on any atom is 0.208 e. The van der Waals surface area contributed by atoms with Crippen molar-refractivity contribution in [1.29, 1.82) is 0 Å². The third-order valence-electron chi connectivity index (χ3n) is 2.55. The molecule has 1 aromatic heterocycles. The maximum atomic E-state index is 6.10. The first-order chi connectivity index (χ1) is 8.69. The van der Waals surface area contributed by atoms with Gasteiger partial charge in [0.05, 0.1) is 12.7 Å². The molecule has 0 unspecified atom stereocenters. The minimum absolute atomic E-state index is 0.600. The molecule has 0 bridgehead atoms. The van der Waals surface area contributed by atoms with Gasteiger partial charge in [0.1, 0.15) is 5.76 Å². The molecule has 2 rings (SSSR count). The number of hydrogen-bond donors (Lipinski definition) is 1. The predicted octanol–water partition coefficient (Wildman–Crippen LogP) is 3.94. The highest BCUT2D eigenvalue weighted by Crippen LogP contribution is 2.20. The molecular weight excluding hydrogens is 316 g/mol. The number of hydrogen-bond acceptors (Lipinski definition) is 3. The fourth-order valence-electron chi connectivity index (χ4n) is 1.58. The highest BCUT2D eigenvalue weighted by atomic mass is 79.9. The number of halogens is 2. The monoisotopic (exact) mass is 328 g/mol. The van der Waals surface area contributed by atoms with Gasteiger partial charge >= 0.3 is 0 Å². The van der Waals surface area contributed by atoms with Crippen LogP contribution in [-0.2, 0) is 19.5 Å². The van der Waals surface area contributed by atoms with Crippen molar-refractivity contribution in [3.8, 4) is 0 Å². The van der Waals surface area contributed by atoms with Crippen molar-refractivity contribution in [2.45, 2.75) is 26.4 Å². The third-order valence-corrected chi connectivity index (χ3v) is 3.41. The Morgan fingerprint density at radius 2 is 2.22 bits per heavy atom. The molecule has 0 aliphatic carbocycles. The Hall–Kier alpha value is -0.840. The molecular formula is C13H14BrClN2O. The summed E-state index contributed by atoms with van der Waals surface area (Å²) in [6, 6.07) is 5.80. The smallest absolute Gasteiger partial charge is 0.208 e. The lowest BCUT2D eigenvalue weighted by Gasteiger charge is -2.05. The average molecular weight is 330 g/mol. The topological polar surface area (TPSA) is 38.1 Å². The van der Waals surface area contributed by atoms with Crippen LogP contribution in [0, 0.1) is 0 Å². The van der Waals surface area contributed by atoms with E-state index in [4.69, 9.17) is 16.0 Å². The largest absolute Gasteiger partial charge is 0.444 e. The molecule has 0 aliphatic rings. The zero-order valence-corrected chi connectivity index (χ0v) is 12.4. The predicted molar refractivity (Wildman–Crippen MR) is 75.6 cm³/mol. The second-order valence-electron chi connectivity index (χ2n) is 3.91. The van der Waals surface area contributed by atoms with Crippen molar-refractivity contribution in [2.75, 3.05) is 0 Å². The molecule has 0 radical (unpaired) electrons. The standard InChI is InChI=1S/C13H14BrClN2O/c1-2-11-7-17-13(18-11)8-16-6-9-5-10(14)3-4-12(9)15/h3-5,7,16H,2,6,8H2,1H3. The number of benzene rings is 1. The van der Waals surface area contributed by atoms with Gasteiger partial charge in [0.2, 0.25) is 5.89 Å². The molecule has 0 saturated heterocycles. The molecule has 0 saturated carbocycles. The van der Waals surface area contributed by atoms with Crippen LogP contribution < -0.4 is 5.32 Å². The van der Waals surface area contributed by atoms with E-state index in [1.807, 2.05) is 25.1 Å². The van der Waals surface area contributed by atoms with E-state index in [2.05, 4.69) is 26.2 Å². The molecule has 1 N–H and O–H groups in total. The SMILES string of the molecule is CCc1cnc(CNCc2cc(Br)ccc2Cl)o1. The third kappa shape index (κ3) is 3.57.